The molecule has 2 atom stereocenters. The molecule has 3 rings (SSSR count). The van der Waals surface area contributed by atoms with Crippen LogP contribution in [0, 0.1) is 5.41 Å². The first-order valence-corrected chi connectivity index (χ1v) is 8.49. The smallest absolute Gasteiger partial charge is 0.253 e. The first-order valence-electron chi connectivity index (χ1n) is 8.49. The summed E-state index contributed by atoms with van der Waals surface area (Å²) in [6, 6.07) is 7.83. The summed E-state index contributed by atoms with van der Waals surface area (Å²) in [7, 11) is 2.11. The summed E-state index contributed by atoms with van der Waals surface area (Å²) < 4.78 is 0. The van der Waals surface area contributed by atoms with E-state index in [1.165, 1.54) is 0 Å². The predicted octanol–water partition coefficient (Wildman–Crippen LogP) is 1.06. The molecule has 2 heterocycles. The van der Waals surface area contributed by atoms with Crippen LogP contribution in [-0.2, 0) is 6.54 Å². The Kier molecular flexibility index (Phi) is 4.71. The molecule has 1 aromatic carbocycles. The van der Waals surface area contributed by atoms with Gasteiger partial charge in [0.05, 0.1) is 6.61 Å². The monoisotopic (exact) mass is 317 g/mol. The molecule has 3 N–H and O–H groups in total. The van der Waals surface area contributed by atoms with Gasteiger partial charge in [-0.25, -0.2) is 0 Å². The van der Waals surface area contributed by atoms with Gasteiger partial charge in [0, 0.05) is 36.7 Å². The molecule has 5 heteroatoms. The van der Waals surface area contributed by atoms with E-state index >= 15 is 0 Å². The van der Waals surface area contributed by atoms with Crippen LogP contribution in [0.1, 0.15) is 35.2 Å². The van der Waals surface area contributed by atoms with Gasteiger partial charge in [-0.3, -0.25) is 4.79 Å². The van der Waals surface area contributed by atoms with Crippen molar-refractivity contribution < 1.29 is 9.90 Å². The molecule has 126 valence electrons. The van der Waals surface area contributed by atoms with Gasteiger partial charge in [-0.15, -0.1) is 0 Å². The number of benzene rings is 1. The number of hydrogen-bond acceptors (Lipinski definition) is 4. The third-order valence-electron chi connectivity index (χ3n) is 5.71. The number of amides is 1. The van der Waals surface area contributed by atoms with Crippen LogP contribution in [0.4, 0.5) is 0 Å². The standard InChI is InChI=1S/C18H27N3O2/c1-20-8-3-6-18(13-22)7-9-21(12-16(18)20)17(23)15-5-2-4-14(10-15)11-19/h2,4-5,10,16,22H,3,6-9,11-13,19H2,1H3/t16-,18-/m1/s1. The number of hydrogen-bond donors (Lipinski definition) is 2. The number of aliphatic hydroxyl groups excluding tert-OH is 1. The van der Waals surface area contributed by atoms with Crippen molar-refractivity contribution in [2.45, 2.75) is 31.8 Å². The van der Waals surface area contributed by atoms with E-state index in [1.807, 2.05) is 29.2 Å². The zero-order valence-corrected chi connectivity index (χ0v) is 13.9. The molecule has 0 spiro atoms. The predicted molar refractivity (Wildman–Crippen MR) is 90.0 cm³/mol. The van der Waals surface area contributed by atoms with E-state index in [4.69, 9.17) is 5.73 Å². The number of likely N-dealkylation sites (N-methyl/N-ethyl adjacent to an activating group) is 1. The van der Waals surface area contributed by atoms with Crippen LogP contribution in [0.3, 0.4) is 0 Å². The molecule has 2 fully saturated rings. The van der Waals surface area contributed by atoms with Gasteiger partial charge in [-0.1, -0.05) is 12.1 Å². The molecule has 0 unspecified atom stereocenters. The molecule has 2 aliphatic heterocycles. The van der Waals surface area contributed by atoms with Crippen molar-refractivity contribution in [2.75, 3.05) is 33.3 Å². The van der Waals surface area contributed by atoms with Crippen molar-refractivity contribution in [1.82, 2.24) is 9.80 Å². The molecule has 0 bridgehead atoms. The molecule has 0 saturated carbocycles. The second kappa shape index (κ2) is 6.59. The largest absolute Gasteiger partial charge is 0.396 e. The summed E-state index contributed by atoms with van der Waals surface area (Å²) in [6.07, 6.45) is 3.06. The zero-order valence-electron chi connectivity index (χ0n) is 13.9. The highest BCUT2D eigenvalue weighted by Gasteiger charge is 2.47. The average Bonchev–Trinajstić information content (AvgIpc) is 2.61. The maximum atomic E-state index is 12.8. The van der Waals surface area contributed by atoms with Gasteiger partial charge in [0.2, 0.25) is 0 Å². The molecule has 0 aliphatic carbocycles. The number of carbonyl (C=O) groups excluding carboxylic acids is 1. The maximum Gasteiger partial charge on any atom is 0.253 e. The van der Waals surface area contributed by atoms with Gasteiger partial charge in [0.25, 0.3) is 5.91 Å². The van der Waals surface area contributed by atoms with Crippen LogP contribution in [0.15, 0.2) is 24.3 Å². The highest BCUT2D eigenvalue weighted by Crippen LogP contribution is 2.41. The summed E-state index contributed by atoms with van der Waals surface area (Å²) in [5, 5.41) is 9.96. The Bertz CT molecular complexity index is 577. The van der Waals surface area contributed by atoms with E-state index in [0.29, 0.717) is 18.7 Å². The lowest BCUT2D eigenvalue weighted by Crippen LogP contribution is -2.62. The number of aliphatic hydroxyl groups is 1. The van der Waals surface area contributed by atoms with Gasteiger partial charge in [-0.05, 0) is 50.6 Å². The summed E-state index contributed by atoms with van der Waals surface area (Å²) >= 11 is 0. The van der Waals surface area contributed by atoms with Gasteiger partial charge in [0.15, 0.2) is 0 Å². The molecular formula is C18H27N3O2. The number of fused-ring (bicyclic) bond motifs is 1. The first kappa shape index (κ1) is 16.4. The van der Waals surface area contributed by atoms with Gasteiger partial charge in [-0.2, -0.15) is 0 Å². The van der Waals surface area contributed by atoms with Crippen molar-refractivity contribution in [1.29, 1.82) is 0 Å². The third kappa shape index (κ3) is 3.01. The zero-order chi connectivity index (χ0) is 16.4. The Morgan fingerprint density at radius 3 is 2.96 bits per heavy atom. The number of nitrogens with zero attached hydrogens (tertiary/aromatic N) is 2. The first-order chi connectivity index (χ1) is 11.1. The van der Waals surface area contributed by atoms with Crippen molar-refractivity contribution in [3.8, 4) is 0 Å². The van der Waals surface area contributed by atoms with Crippen LogP contribution >= 0.6 is 0 Å². The normalized spacial score (nSPS) is 28.5. The lowest BCUT2D eigenvalue weighted by Gasteiger charge is -2.53. The number of nitrogens with two attached hydrogens (primary N) is 1. The van der Waals surface area contributed by atoms with Crippen LogP contribution in [0.25, 0.3) is 0 Å². The fraction of sp³-hybridized carbons (Fsp3) is 0.611. The number of carbonyl (C=O) groups is 1. The molecule has 0 aromatic heterocycles. The highest BCUT2D eigenvalue weighted by atomic mass is 16.3. The second-order valence-corrected chi connectivity index (χ2v) is 7.03. The van der Waals surface area contributed by atoms with Crippen molar-refractivity contribution in [2.24, 2.45) is 11.1 Å². The Hall–Kier alpha value is -1.43. The number of rotatable bonds is 3. The Morgan fingerprint density at radius 1 is 1.39 bits per heavy atom. The summed E-state index contributed by atoms with van der Waals surface area (Å²) in [5.41, 5.74) is 7.33. The van der Waals surface area contributed by atoms with Crippen molar-refractivity contribution in [3.05, 3.63) is 35.4 Å². The average molecular weight is 317 g/mol. The van der Waals surface area contributed by atoms with Crippen molar-refractivity contribution >= 4 is 5.91 Å². The Balaban J connectivity index is 1.78. The van der Waals surface area contributed by atoms with Crippen LogP contribution < -0.4 is 5.73 Å². The highest BCUT2D eigenvalue weighted by molar-refractivity contribution is 5.94. The lowest BCUT2D eigenvalue weighted by molar-refractivity contribution is -0.0601. The Morgan fingerprint density at radius 2 is 2.22 bits per heavy atom. The number of piperidine rings is 2. The van der Waals surface area contributed by atoms with Crippen molar-refractivity contribution in [3.63, 3.8) is 0 Å². The van der Waals surface area contributed by atoms with E-state index in [1.54, 1.807) is 0 Å². The molecule has 1 amide bonds. The third-order valence-corrected chi connectivity index (χ3v) is 5.71. The van der Waals surface area contributed by atoms with E-state index in [9.17, 15) is 9.90 Å². The number of likely N-dealkylation sites (tertiary alicyclic amines) is 2. The van der Waals surface area contributed by atoms with Gasteiger partial charge < -0.3 is 20.6 Å². The van der Waals surface area contributed by atoms with Crippen LogP contribution in [0.2, 0.25) is 0 Å². The summed E-state index contributed by atoms with van der Waals surface area (Å²) in [6.45, 7) is 3.11. The molecule has 23 heavy (non-hydrogen) atoms. The molecule has 2 aliphatic rings. The molecule has 5 nitrogen and oxygen atoms in total. The van der Waals surface area contributed by atoms with E-state index < -0.39 is 0 Å². The van der Waals surface area contributed by atoms with Crippen LogP contribution in [-0.4, -0.2) is 60.1 Å². The summed E-state index contributed by atoms with van der Waals surface area (Å²) in [4.78, 5) is 17.1. The topological polar surface area (TPSA) is 69.8 Å². The van der Waals surface area contributed by atoms with E-state index in [-0.39, 0.29) is 24.0 Å². The molecule has 2 saturated heterocycles. The fourth-order valence-electron chi connectivity index (χ4n) is 4.21. The molecule has 1 aromatic rings. The van der Waals surface area contributed by atoms with Crippen LogP contribution in [0.5, 0.6) is 0 Å². The minimum Gasteiger partial charge on any atom is -0.396 e. The van der Waals surface area contributed by atoms with Gasteiger partial charge in [0.1, 0.15) is 0 Å². The fourth-order valence-corrected chi connectivity index (χ4v) is 4.21. The molecular weight excluding hydrogens is 290 g/mol. The van der Waals surface area contributed by atoms with E-state index in [0.717, 1.165) is 37.9 Å². The lowest BCUT2D eigenvalue weighted by atomic mass is 9.69. The maximum absolute atomic E-state index is 12.8. The van der Waals surface area contributed by atoms with Gasteiger partial charge >= 0.3 is 0 Å². The summed E-state index contributed by atoms with van der Waals surface area (Å²) in [5.74, 6) is 0.0748. The minimum atomic E-state index is -0.0388. The minimum absolute atomic E-state index is 0.0388. The second-order valence-electron chi connectivity index (χ2n) is 7.03. The van der Waals surface area contributed by atoms with E-state index in [2.05, 4.69) is 11.9 Å². The SMILES string of the molecule is CN1CCC[C@]2(CO)CCN(C(=O)c3cccc(CN)c3)C[C@@H]12. The Labute approximate surface area is 138 Å². The quantitative estimate of drug-likeness (QED) is 0.875. The molecule has 0 radical (unpaired) electrons.